The number of hydrogen-bond donors (Lipinski definition) is 2. The smallest absolute Gasteiger partial charge is 0.306 e. The number of allylic oxidation sites excluding steroid dienone is 4. The summed E-state index contributed by atoms with van der Waals surface area (Å²) in [6.45, 7) is 3.91. The number of unbranched alkanes of at least 4 members (excludes halogenated alkanes) is 8. The lowest BCUT2D eigenvalue weighted by atomic mass is 10.1. The maximum absolute atomic E-state index is 12.0. The first kappa shape index (κ1) is 26.9. The summed E-state index contributed by atoms with van der Waals surface area (Å²) in [7, 11) is 0. The highest BCUT2D eigenvalue weighted by atomic mass is 16.5. The third-order valence-corrected chi connectivity index (χ3v) is 5.54. The molecule has 30 heavy (non-hydrogen) atoms. The van der Waals surface area contributed by atoms with Gasteiger partial charge in [0, 0.05) is 26.1 Å². The average molecular weight is 424 g/mol. The van der Waals surface area contributed by atoms with Gasteiger partial charge in [0.1, 0.15) is 6.10 Å². The Morgan fingerprint density at radius 2 is 1.70 bits per heavy atom. The summed E-state index contributed by atoms with van der Waals surface area (Å²) in [5.41, 5.74) is 0. The van der Waals surface area contributed by atoms with Gasteiger partial charge in [-0.2, -0.15) is 0 Å². The lowest BCUT2D eigenvalue weighted by Gasteiger charge is -2.18. The molecule has 0 radical (unpaired) electrons. The molecule has 5 nitrogen and oxygen atoms in total. The Bertz CT molecular complexity index is 478. The van der Waals surface area contributed by atoms with E-state index < -0.39 is 6.10 Å². The molecule has 1 aliphatic heterocycles. The summed E-state index contributed by atoms with van der Waals surface area (Å²) in [5.74, 6) is -0.102. The quantitative estimate of drug-likeness (QED) is 0.189. The van der Waals surface area contributed by atoms with Crippen LogP contribution in [0.5, 0.6) is 0 Å². The second kappa shape index (κ2) is 18.6. The highest BCUT2D eigenvalue weighted by Crippen LogP contribution is 2.15. The standard InChI is InChI=1S/C25H45NO4/c1-2-3-4-5-6-7-8-9-10-11-12-13-14-15-16-17-25(29)30-24-18-19-26(21-24)20-23(28)22-27/h6-7,9-10,23-24,27-28H,2-5,8,11-22H2,1H3/b7-6-,10-9-/t23?,24-/m0/s1. The number of hydrogen-bond acceptors (Lipinski definition) is 5. The van der Waals surface area contributed by atoms with Gasteiger partial charge >= 0.3 is 5.97 Å². The fourth-order valence-electron chi connectivity index (χ4n) is 3.74. The van der Waals surface area contributed by atoms with Crippen LogP contribution in [-0.4, -0.2) is 59.5 Å². The van der Waals surface area contributed by atoms with E-state index >= 15 is 0 Å². The van der Waals surface area contributed by atoms with E-state index in [2.05, 4.69) is 31.2 Å². The molecule has 0 aromatic heterocycles. The van der Waals surface area contributed by atoms with Crippen LogP contribution in [0, 0.1) is 0 Å². The summed E-state index contributed by atoms with van der Waals surface area (Å²) in [6.07, 6.45) is 22.6. The molecule has 0 bridgehead atoms. The molecule has 1 saturated heterocycles. The van der Waals surface area contributed by atoms with Crippen molar-refractivity contribution in [3.8, 4) is 0 Å². The first-order valence-corrected chi connectivity index (χ1v) is 12.2. The molecular formula is C25H45NO4. The van der Waals surface area contributed by atoms with Crippen LogP contribution < -0.4 is 0 Å². The minimum absolute atomic E-state index is 0.0682. The van der Waals surface area contributed by atoms with Crippen LogP contribution in [0.25, 0.3) is 0 Å². The van der Waals surface area contributed by atoms with Gasteiger partial charge in [-0.3, -0.25) is 9.69 Å². The summed E-state index contributed by atoms with van der Waals surface area (Å²) in [5, 5.41) is 18.4. The minimum Gasteiger partial charge on any atom is -0.461 e. The van der Waals surface area contributed by atoms with E-state index in [1.807, 2.05) is 4.90 Å². The molecule has 174 valence electrons. The van der Waals surface area contributed by atoms with E-state index in [4.69, 9.17) is 9.84 Å². The molecule has 1 rings (SSSR count). The SMILES string of the molecule is CCCCC/C=C\C/C=C\CCCCCCCC(=O)O[C@H]1CCN(CC(O)CO)C1. The van der Waals surface area contributed by atoms with E-state index in [9.17, 15) is 9.90 Å². The Morgan fingerprint density at radius 3 is 2.40 bits per heavy atom. The molecule has 0 saturated carbocycles. The Kier molecular flexibility index (Phi) is 16.6. The minimum atomic E-state index is -0.716. The predicted molar refractivity (Wildman–Crippen MR) is 123 cm³/mol. The number of carbonyl (C=O) groups is 1. The van der Waals surface area contributed by atoms with Gasteiger partial charge in [0.05, 0.1) is 12.7 Å². The summed E-state index contributed by atoms with van der Waals surface area (Å²) in [4.78, 5) is 14.0. The summed E-state index contributed by atoms with van der Waals surface area (Å²) < 4.78 is 5.54. The Morgan fingerprint density at radius 1 is 1.03 bits per heavy atom. The van der Waals surface area contributed by atoms with E-state index in [1.54, 1.807) is 0 Å². The van der Waals surface area contributed by atoms with Gasteiger partial charge in [0.25, 0.3) is 0 Å². The molecule has 0 aromatic carbocycles. The molecule has 1 heterocycles. The average Bonchev–Trinajstić information content (AvgIpc) is 3.17. The largest absolute Gasteiger partial charge is 0.461 e. The van der Waals surface area contributed by atoms with E-state index in [-0.39, 0.29) is 18.7 Å². The van der Waals surface area contributed by atoms with Crippen molar-refractivity contribution in [2.75, 3.05) is 26.2 Å². The zero-order valence-corrected chi connectivity index (χ0v) is 19.1. The van der Waals surface area contributed by atoms with E-state index in [1.165, 1.54) is 44.9 Å². The van der Waals surface area contributed by atoms with Crippen LogP contribution in [-0.2, 0) is 9.53 Å². The number of β-amino-alcohol motifs (C(OH)–C–C–N with tert-alkyl or cyclic N) is 1. The second-order valence-electron chi connectivity index (χ2n) is 8.48. The van der Waals surface area contributed by atoms with Crippen molar-refractivity contribution in [3.63, 3.8) is 0 Å². The number of esters is 1. The Balaban J connectivity index is 1.90. The van der Waals surface area contributed by atoms with Gasteiger partial charge in [-0.1, -0.05) is 63.3 Å². The van der Waals surface area contributed by atoms with Gasteiger partial charge in [0.15, 0.2) is 0 Å². The van der Waals surface area contributed by atoms with Gasteiger partial charge < -0.3 is 14.9 Å². The third kappa shape index (κ3) is 14.8. The molecule has 2 N–H and O–H groups in total. The zero-order valence-electron chi connectivity index (χ0n) is 19.1. The number of aliphatic hydroxyl groups excluding tert-OH is 2. The van der Waals surface area contributed by atoms with E-state index in [0.717, 1.165) is 38.6 Å². The van der Waals surface area contributed by atoms with Crippen molar-refractivity contribution >= 4 is 5.97 Å². The highest BCUT2D eigenvalue weighted by molar-refractivity contribution is 5.69. The molecule has 2 atom stereocenters. The van der Waals surface area contributed by atoms with Crippen molar-refractivity contribution in [3.05, 3.63) is 24.3 Å². The molecule has 0 spiro atoms. The fraction of sp³-hybridized carbons (Fsp3) is 0.800. The maximum atomic E-state index is 12.0. The molecule has 0 amide bonds. The van der Waals surface area contributed by atoms with Gasteiger partial charge in [-0.25, -0.2) is 0 Å². The van der Waals surface area contributed by atoms with Crippen LogP contribution in [0.1, 0.15) is 90.4 Å². The molecule has 1 fully saturated rings. The second-order valence-corrected chi connectivity index (χ2v) is 8.48. The lowest BCUT2D eigenvalue weighted by Crippen LogP contribution is -2.33. The fourth-order valence-corrected chi connectivity index (χ4v) is 3.74. The summed E-state index contributed by atoms with van der Waals surface area (Å²) in [6, 6.07) is 0. The highest BCUT2D eigenvalue weighted by Gasteiger charge is 2.26. The maximum Gasteiger partial charge on any atom is 0.306 e. The molecule has 0 aliphatic carbocycles. The van der Waals surface area contributed by atoms with Crippen molar-refractivity contribution < 1.29 is 19.7 Å². The normalized spacial score (nSPS) is 18.6. The van der Waals surface area contributed by atoms with Crippen LogP contribution in [0.3, 0.4) is 0 Å². The number of nitrogens with zero attached hydrogens (tertiary/aromatic N) is 1. The van der Waals surface area contributed by atoms with Gasteiger partial charge in [-0.05, 0) is 44.9 Å². The predicted octanol–water partition coefficient (Wildman–Crippen LogP) is 4.77. The van der Waals surface area contributed by atoms with Crippen LogP contribution in [0.15, 0.2) is 24.3 Å². The van der Waals surface area contributed by atoms with Crippen molar-refractivity contribution in [1.82, 2.24) is 4.90 Å². The number of likely N-dealkylation sites (tertiary alicyclic amines) is 1. The Hall–Kier alpha value is -1.17. The first-order chi connectivity index (χ1) is 14.7. The molecule has 1 unspecified atom stereocenters. The number of aliphatic hydroxyl groups is 2. The number of carbonyl (C=O) groups excluding carboxylic acids is 1. The summed E-state index contributed by atoms with van der Waals surface area (Å²) >= 11 is 0. The van der Waals surface area contributed by atoms with Crippen LogP contribution >= 0.6 is 0 Å². The number of ether oxygens (including phenoxy) is 1. The zero-order chi connectivity index (χ0) is 21.9. The molecular weight excluding hydrogens is 378 g/mol. The topological polar surface area (TPSA) is 70.0 Å². The van der Waals surface area contributed by atoms with E-state index in [0.29, 0.717) is 19.5 Å². The molecule has 0 aromatic rings. The third-order valence-electron chi connectivity index (χ3n) is 5.54. The monoisotopic (exact) mass is 423 g/mol. The van der Waals surface area contributed by atoms with Gasteiger partial charge in [-0.15, -0.1) is 0 Å². The van der Waals surface area contributed by atoms with Crippen molar-refractivity contribution in [2.24, 2.45) is 0 Å². The van der Waals surface area contributed by atoms with Crippen LogP contribution in [0.2, 0.25) is 0 Å². The number of rotatable bonds is 18. The van der Waals surface area contributed by atoms with Gasteiger partial charge in [0.2, 0.25) is 0 Å². The van der Waals surface area contributed by atoms with Crippen molar-refractivity contribution in [2.45, 2.75) is 103 Å². The van der Waals surface area contributed by atoms with Crippen molar-refractivity contribution in [1.29, 1.82) is 0 Å². The molecule has 5 heteroatoms. The lowest BCUT2D eigenvalue weighted by molar-refractivity contribution is -0.148. The first-order valence-electron chi connectivity index (χ1n) is 12.2. The Labute approximate surface area is 184 Å². The molecule has 1 aliphatic rings. The van der Waals surface area contributed by atoms with Crippen LogP contribution in [0.4, 0.5) is 0 Å².